The standard InChI is InChI=1S/C28H26Cl2N2O3S/c1-3-36(34,35)23-11-7-19(8-12-23)14-27(33)32-22-16-24(29)28(25(30)17-22)21-10-9-20(26(15-21)31-2)13-18-5-4-6-18/h7-12,15-18H,3-6,13-14H2,1H3,(H,32,33). The molecule has 8 heteroatoms. The number of hydrogen-bond donors (Lipinski definition) is 1. The molecule has 4 rings (SSSR count). The van der Waals surface area contributed by atoms with E-state index in [-0.39, 0.29) is 23.0 Å². The molecule has 186 valence electrons. The third-order valence-corrected chi connectivity index (χ3v) is 8.93. The molecule has 5 nitrogen and oxygen atoms in total. The Morgan fingerprint density at radius 3 is 2.28 bits per heavy atom. The number of anilines is 1. The van der Waals surface area contributed by atoms with Crippen LogP contribution in [0.5, 0.6) is 0 Å². The molecule has 1 saturated carbocycles. The van der Waals surface area contributed by atoms with Crippen molar-refractivity contribution in [2.45, 2.75) is 43.9 Å². The van der Waals surface area contributed by atoms with Gasteiger partial charge in [-0.1, -0.05) is 73.7 Å². The zero-order valence-corrected chi connectivity index (χ0v) is 22.2. The summed E-state index contributed by atoms with van der Waals surface area (Å²) in [6.45, 7) is 9.20. The van der Waals surface area contributed by atoms with Gasteiger partial charge in [-0.15, -0.1) is 0 Å². The molecular weight excluding hydrogens is 515 g/mol. The van der Waals surface area contributed by atoms with E-state index in [1.807, 2.05) is 18.2 Å². The molecule has 1 amide bonds. The highest BCUT2D eigenvalue weighted by molar-refractivity contribution is 7.91. The van der Waals surface area contributed by atoms with E-state index in [0.717, 1.165) is 17.5 Å². The van der Waals surface area contributed by atoms with Crippen LogP contribution >= 0.6 is 23.2 Å². The highest BCUT2D eigenvalue weighted by atomic mass is 35.5. The van der Waals surface area contributed by atoms with Crippen molar-refractivity contribution in [1.29, 1.82) is 0 Å². The van der Waals surface area contributed by atoms with Crippen LogP contribution in [0.2, 0.25) is 10.0 Å². The van der Waals surface area contributed by atoms with Crippen LogP contribution < -0.4 is 5.32 Å². The number of sulfone groups is 1. The quantitative estimate of drug-likeness (QED) is 0.300. The highest BCUT2D eigenvalue weighted by Gasteiger charge is 2.20. The van der Waals surface area contributed by atoms with Gasteiger partial charge in [0.1, 0.15) is 0 Å². The average molecular weight is 542 g/mol. The van der Waals surface area contributed by atoms with E-state index >= 15 is 0 Å². The summed E-state index contributed by atoms with van der Waals surface area (Å²) < 4.78 is 23.9. The van der Waals surface area contributed by atoms with Gasteiger partial charge in [0.25, 0.3) is 0 Å². The molecule has 0 aliphatic heterocycles. The summed E-state index contributed by atoms with van der Waals surface area (Å²) in [5, 5.41) is 3.54. The monoisotopic (exact) mass is 540 g/mol. The maximum atomic E-state index is 12.6. The second-order valence-corrected chi connectivity index (χ2v) is 12.1. The number of carbonyl (C=O) groups is 1. The fraction of sp³-hybridized carbons (Fsp3) is 0.286. The zero-order chi connectivity index (χ0) is 25.9. The van der Waals surface area contributed by atoms with E-state index in [0.29, 0.717) is 38.5 Å². The molecule has 1 fully saturated rings. The molecule has 3 aromatic rings. The second kappa shape index (κ2) is 11.0. The second-order valence-electron chi connectivity index (χ2n) is 9.04. The Morgan fingerprint density at radius 1 is 1.06 bits per heavy atom. The summed E-state index contributed by atoms with van der Waals surface area (Å²) in [6.07, 6.45) is 4.69. The van der Waals surface area contributed by atoms with Crippen LogP contribution in [0.4, 0.5) is 11.4 Å². The van der Waals surface area contributed by atoms with Gasteiger partial charge in [0.15, 0.2) is 15.5 Å². The predicted molar refractivity (Wildman–Crippen MR) is 146 cm³/mol. The third-order valence-electron chi connectivity index (χ3n) is 6.58. The van der Waals surface area contributed by atoms with Crippen LogP contribution in [0.15, 0.2) is 59.5 Å². The Morgan fingerprint density at radius 2 is 1.72 bits per heavy atom. The molecule has 0 saturated heterocycles. The van der Waals surface area contributed by atoms with E-state index < -0.39 is 9.84 Å². The summed E-state index contributed by atoms with van der Waals surface area (Å²) in [5.74, 6) is 0.402. The molecule has 3 aromatic carbocycles. The SMILES string of the molecule is [C-]#[N+]c1cc(-c2c(Cl)cc(NC(=O)Cc3ccc(S(=O)(=O)CC)cc3)cc2Cl)ccc1CC1CCC1. The van der Waals surface area contributed by atoms with Gasteiger partial charge in [0, 0.05) is 11.3 Å². The molecule has 0 aromatic heterocycles. The van der Waals surface area contributed by atoms with Crippen molar-refractivity contribution in [3.63, 3.8) is 0 Å². The van der Waals surface area contributed by atoms with E-state index in [9.17, 15) is 13.2 Å². The van der Waals surface area contributed by atoms with Crippen LogP contribution in [0, 0.1) is 12.5 Å². The minimum absolute atomic E-state index is 0.0220. The van der Waals surface area contributed by atoms with Crippen molar-refractivity contribution in [2.24, 2.45) is 5.92 Å². The topological polar surface area (TPSA) is 67.6 Å². The Kier molecular flexibility index (Phi) is 8.04. The van der Waals surface area contributed by atoms with Crippen molar-refractivity contribution >= 4 is 50.3 Å². The Labute approximate surface area is 222 Å². The van der Waals surface area contributed by atoms with Gasteiger partial charge in [-0.3, -0.25) is 4.79 Å². The van der Waals surface area contributed by atoms with Gasteiger partial charge in [-0.25, -0.2) is 13.3 Å². The lowest BCUT2D eigenvalue weighted by Crippen LogP contribution is -2.14. The normalized spacial score (nSPS) is 13.6. The summed E-state index contributed by atoms with van der Waals surface area (Å²) in [4.78, 5) is 16.5. The van der Waals surface area contributed by atoms with Crippen molar-refractivity contribution in [3.8, 4) is 11.1 Å². The molecule has 1 N–H and O–H groups in total. The lowest BCUT2D eigenvalue weighted by Gasteiger charge is -2.26. The summed E-state index contributed by atoms with van der Waals surface area (Å²) in [7, 11) is -3.29. The Bertz CT molecular complexity index is 1420. The minimum atomic E-state index is -3.29. The van der Waals surface area contributed by atoms with Gasteiger partial charge in [0.05, 0.1) is 33.7 Å². The number of nitrogens with one attached hydrogen (secondary N) is 1. The average Bonchev–Trinajstić information content (AvgIpc) is 2.81. The van der Waals surface area contributed by atoms with Crippen molar-refractivity contribution in [2.75, 3.05) is 11.1 Å². The number of amides is 1. The fourth-order valence-electron chi connectivity index (χ4n) is 4.30. The molecule has 0 atom stereocenters. The van der Waals surface area contributed by atoms with Crippen molar-refractivity contribution < 1.29 is 13.2 Å². The maximum absolute atomic E-state index is 12.6. The van der Waals surface area contributed by atoms with Gasteiger partial charge < -0.3 is 5.32 Å². The van der Waals surface area contributed by atoms with E-state index in [2.05, 4.69) is 10.2 Å². The molecule has 1 aliphatic carbocycles. The molecule has 0 spiro atoms. The Hall–Kier alpha value is -2.85. The van der Waals surface area contributed by atoms with Crippen LogP contribution in [0.3, 0.4) is 0 Å². The molecule has 36 heavy (non-hydrogen) atoms. The molecule has 0 heterocycles. The highest BCUT2D eigenvalue weighted by Crippen LogP contribution is 2.40. The minimum Gasteiger partial charge on any atom is -0.326 e. The lowest BCUT2D eigenvalue weighted by molar-refractivity contribution is -0.115. The van der Waals surface area contributed by atoms with Gasteiger partial charge in [-0.05, 0) is 59.4 Å². The molecule has 0 radical (unpaired) electrons. The number of nitrogens with zero attached hydrogens (tertiary/aromatic N) is 1. The van der Waals surface area contributed by atoms with Crippen molar-refractivity contribution in [3.05, 3.63) is 87.2 Å². The fourth-order valence-corrected chi connectivity index (χ4v) is 5.89. The van der Waals surface area contributed by atoms with E-state index in [4.69, 9.17) is 29.8 Å². The Balaban J connectivity index is 1.48. The van der Waals surface area contributed by atoms with Crippen LogP contribution in [0.1, 0.15) is 37.3 Å². The van der Waals surface area contributed by atoms with Crippen LogP contribution in [0.25, 0.3) is 16.0 Å². The first kappa shape index (κ1) is 26.2. The number of benzene rings is 3. The zero-order valence-electron chi connectivity index (χ0n) is 19.9. The first-order chi connectivity index (χ1) is 17.2. The van der Waals surface area contributed by atoms with Gasteiger partial charge >= 0.3 is 0 Å². The molecule has 1 aliphatic rings. The maximum Gasteiger partial charge on any atom is 0.228 e. The number of rotatable bonds is 8. The van der Waals surface area contributed by atoms with Crippen LogP contribution in [-0.2, 0) is 27.5 Å². The van der Waals surface area contributed by atoms with Gasteiger partial charge in [-0.2, -0.15) is 0 Å². The number of hydrogen-bond acceptors (Lipinski definition) is 3. The molecule has 0 bridgehead atoms. The largest absolute Gasteiger partial charge is 0.326 e. The van der Waals surface area contributed by atoms with Crippen molar-refractivity contribution in [1.82, 2.24) is 0 Å². The molecular formula is C28H26Cl2N2O3S. The lowest BCUT2D eigenvalue weighted by atomic mass is 9.80. The molecule has 0 unspecified atom stereocenters. The summed E-state index contributed by atoms with van der Waals surface area (Å²) in [5.41, 5.74) is 4.18. The van der Waals surface area contributed by atoms with Gasteiger partial charge in [0.2, 0.25) is 5.91 Å². The first-order valence-electron chi connectivity index (χ1n) is 11.8. The summed E-state index contributed by atoms with van der Waals surface area (Å²) >= 11 is 13.1. The first-order valence-corrected chi connectivity index (χ1v) is 14.2. The predicted octanol–water partition coefficient (Wildman–Crippen LogP) is 7.53. The summed E-state index contributed by atoms with van der Waals surface area (Å²) in [6, 6.07) is 15.3. The van der Waals surface area contributed by atoms with E-state index in [1.54, 1.807) is 31.2 Å². The van der Waals surface area contributed by atoms with Crippen LogP contribution in [-0.4, -0.2) is 20.1 Å². The number of carbonyl (C=O) groups excluding carboxylic acids is 1. The number of halogens is 2. The third kappa shape index (κ3) is 5.92. The smallest absolute Gasteiger partial charge is 0.228 e. The van der Waals surface area contributed by atoms with E-state index in [1.165, 1.54) is 31.4 Å².